The van der Waals surface area contributed by atoms with E-state index in [0.29, 0.717) is 0 Å². The van der Waals surface area contributed by atoms with Gasteiger partial charge in [-0.15, -0.1) is 0 Å². The third-order valence-electron chi connectivity index (χ3n) is 12.9. The van der Waals surface area contributed by atoms with Crippen molar-refractivity contribution in [1.29, 1.82) is 0 Å². The fourth-order valence-electron chi connectivity index (χ4n) is 10.4. The maximum absolute atomic E-state index is 2.42. The van der Waals surface area contributed by atoms with Crippen LogP contribution in [0.5, 0.6) is 0 Å². The molecule has 0 bridgehead atoms. The number of rotatable bonds is 4. The Morgan fingerprint density at radius 1 is 0.190 bits per heavy atom. The monoisotopic (exact) mass is 730 g/mol. The van der Waals surface area contributed by atoms with Crippen LogP contribution in [0.3, 0.4) is 0 Å². The Morgan fingerprint density at radius 2 is 0.586 bits per heavy atom. The smallest absolute Gasteiger partial charge is 0.00139 e. The predicted molar refractivity (Wildman–Crippen MR) is 251 cm³/mol. The van der Waals surface area contributed by atoms with Crippen molar-refractivity contribution >= 4 is 86.2 Å². The number of hydrogen-bond acceptors (Lipinski definition) is 0. The van der Waals surface area contributed by atoms with E-state index in [1.807, 2.05) is 0 Å². The van der Waals surface area contributed by atoms with Gasteiger partial charge < -0.3 is 0 Å². The van der Waals surface area contributed by atoms with Crippen molar-refractivity contribution < 1.29 is 0 Å². The topological polar surface area (TPSA) is 0 Å². The third-order valence-corrected chi connectivity index (χ3v) is 12.9. The minimum Gasteiger partial charge on any atom is -0.0622 e. The number of benzene rings is 13. The molecule has 58 heavy (non-hydrogen) atoms. The van der Waals surface area contributed by atoms with Crippen LogP contribution in [-0.4, -0.2) is 0 Å². The summed E-state index contributed by atoms with van der Waals surface area (Å²) < 4.78 is 0. The molecule has 0 amide bonds. The maximum Gasteiger partial charge on any atom is -0.00139 e. The lowest BCUT2D eigenvalue weighted by Crippen LogP contribution is -1.96. The average molecular weight is 731 g/mol. The van der Waals surface area contributed by atoms with Crippen molar-refractivity contribution in [3.8, 4) is 44.5 Å². The molecule has 0 spiro atoms. The lowest BCUT2D eigenvalue weighted by Gasteiger charge is -2.23. The first-order chi connectivity index (χ1) is 28.8. The van der Waals surface area contributed by atoms with Gasteiger partial charge in [-0.1, -0.05) is 200 Å². The molecule has 0 N–H and O–H groups in total. The molecule has 0 nitrogen and oxygen atoms in total. The Kier molecular flexibility index (Phi) is 6.54. The van der Waals surface area contributed by atoms with E-state index >= 15 is 0 Å². The maximum atomic E-state index is 2.42. The summed E-state index contributed by atoms with van der Waals surface area (Å²) in [6.07, 6.45) is 0. The van der Waals surface area contributed by atoms with Crippen molar-refractivity contribution in [2.24, 2.45) is 0 Å². The SMILES string of the molecule is c1ccc(-c2cc3ccccc3c(-c3ccc(-c4ccc5ccc6cccc7ccc4c5c67)c4ccccc34)c2-c2ccc3ccc4cccc5ccc2c3c45)cc1. The molecule has 266 valence electrons. The van der Waals surface area contributed by atoms with Crippen LogP contribution in [0.4, 0.5) is 0 Å². The molecule has 0 saturated carbocycles. The molecule has 0 aliphatic heterocycles. The van der Waals surface area contributed by atoms with Crippen LogP contribution >= 0.6 is 0 Å². The van der Waals surface area contributed by atoms with Gasteiger partial charge >= 0.3 is 0 Å². The Bertz CT molecular complexity index is 3740. The van der Waals surface area contributed by atoms with Crippen LogP contribution in [-0.2, 0) is 0 Å². The molecule has 0 heteroatoms. The second-order valence-electron chi connectivity index (χ2n) is 15.9. The summed E-state index contributed by atoms with van der Waals surface area (Å²) in [5, 5.41) is 20.6. The Labute approximate surface area is 335 Å². The highest BCUT2D eigenvalue weighted by Gasteiger charge is 2.24. The molecule has 0 atom stereocenters. The van der Waals surface area contributed by atoms with Gasteiger partial charge in [0.1, 0.15) is 0 Å². The third kappa shape index (κ3) is 4.40. The normalized spacial score (nSPS) is 12.1. The Hall–Kier alpha value is -7.54. The fraction of sp³-hybridized carbons (Fsp3) is 0. The molecule has 0 fully saturated rings. The minimum atomic E-state index is 1.21. The highest BCUT2D eigenvalue weighted by atomic mass is 14.3. The van der Waals surface area contributed by atoms with Crippen molar-refractivity contribution in [3.05, 3.63) is 206 Å². The molecule has 0 aliphatic rings. The molecule has 0 saturated heterocycles. The van der Waals surface area contributed by atoms with Gasteiger partial charge in [0.15, 0.2) is 0 Å². The van der Waals surface area contributed by atoms with Gasteiger partial charge in [-0.3, -0.25) is 0 Å². The summed E-state index contributed by atoms with van der Waals surface area (Å²) >= 11 is 0. The van der Waals surface area contributed by atoms with E-state index in [0.717, 1.165) is 0 Å². The van der Waals surface area contributed by atoms with E-state index in [1.54, 1.807) is 0 Å². The summed E-state index contributed by atoms with van der Waals surface area (Å²) in [5.41, 5.74) is 10.0. The van der Waals surface area contributed by atoms with Crippen LogP contribution in [0.2, 0.25) is 0 Å². The largest absolute Gasteiger partial charge is 0.0622 e. The minimum absolute atomic E-state index is 1.21. The molecule has 0 aliphatic carbocycles. The summed E-state index contributed by atoms with van der Waals surface area (Å²) in [7, 11) is 0. The quantitative estimate of drug-likeness (QED) is 0.158. The van der Waals surface area contributed by atoms with Crippen LogP contribution in [0.1, 0.15) is 0 Å². The van der Waals surface area contributed by atoms with Crippen molar-refractivity contribution in [2.45, 2.75) is 0 Å². The Morgan fingerprint density at radius 3 is 1.22 bits per heavy atom. The van der Waals surface area contributed by atoms with Gasteiger partial charge in [-0.05, 0) is 137 Å². The average Bonchev–Trinajstić information content (AvgIpc) is 3.29. The number of fused-ring (bicyclic) bond motifs is 2. The highest BCUT2D eigenvalue weighted by molar-refractivity contribution is 6.29. The molecule has 13 aromatic rings. The van der Waals surface area contributed by atoms with E-state index in [4.69, 9.17) is 0 Å². The molecular weight excluding hydrogens is 697 g/mol. The zero-order chi connectivity index (χ0) is 37.9. The highest BCUT2D eigenvalue weighted by Crippen LogP contribution is 2.51. The first kappa shape index (κ1) is 31.6. The molecule has 0 radical (unpaired) electrons. The second kappa shape index (κ2) is 12.0. The summed E-state index contributed by atoms with van der Waals surface area (Å²) in [5.74, 6) is 0. The van der Waals surface area contributed by atoms with E-state index in [1.165, 1.54) is 131 Å². The zero-order valence-electron chi connectivity index (χ0n) is 31.6. The molecule has 0 aromatic heterocycles. The van der Waals surface area contributed by atoms with E-state index in [2.05, 4.69) is 206 Å². The summed E-state index contributed by atoms with van der Waals surface area (Å²) in [4.78, 5) is 0. The predicted octanol–water partition coefficient (Wildman–Crippen LogP) is 16.5. The molecule has 0 unspecified atom stereocenters. The van der Waals surface area contributed by atoms with Crippen LogP contribution < -0.4 is 0 Å². The zero-order valence-corrected chi connectivity index (χ0v) is 31.6. The van der Waals surface area contributed by atoms with Gasteiger partial charge in [-0.2, -0.15) is 0 Å². The lowest BCUT2D eigenvalue weighted by molar-refractivity contribution is 1.61. The number of hydrogen-bond donors (Lipinski definition) is 0. The van der Waals surface area contributed by atoms with Crippen LogP contribution in [0.25, 0.3) is 131 Å². The van der Waals surface area contributed by atoms with Gasteiger partial charge in [0, 0.05) is 0 Å². The van der Waals surface area contributed by atoms with Crippen molar-refractivity contribution in [1.82, 2.24) is 0 Å². The standard InChI is InChI=1S/C58H34/c1-2-10-35(11-3-1)52-34-42-12-4-5-17-43(42)57(58(52)51-31-27-41-23-21-37-14-9-16-39-26-30-50(51)56(41)54(37)39)49-33-32-46(44-18-6-7-19-45(44)49)47-28-24-40-22-20-36-13-8-15-38-25-29-48(47)55(40)53(36)38/h1-34H. The van der Waals surface area contributed by atoms with Crippen LogP contribution in [0, 0.1) is 0 Å². The molecule has 0 heterocycles. The van der Waals surface area contributed by atoms with E-state index in [9.17, 15) is 0 Å². The fourth-order valence-corrected chi connectivity index (χ4v) is 10.4. The van der Waals surface area contributed by atoms with Gasteiger partial charge in [0.2, 0.25) is 0 Å². The van der Waals surface area contributed by atoms with E-state index in [-0.39, 0.29) is 0 Å². The molecule has 13 rings (SSSR count). The molecule has 13 aromatic carbocycles. The van der Waals surface area contributed by atoms with Crippen molar-refractivity contribution in [3.63, 3.8) is 0 Å². The van der Waals surface area contributed by atoms with E-state index < -0.39 is 0 Å². The summed E-state index contributed by atoms with van der Waals surface area (Å²) in [6.45, 7) is 0. The van der Waals surface area contributed by atoms with Gasteiger partial charge in [0.25, 0.3) is 0 Å². The Balaban J connectivity index is 1.16. The van der Waals surface area contributed by atoms with Gasteiger partial charge in [-0.25, -0.2) is 0 Å². The first-order valence-corrected chi connectivity index (χ1v) is 20.3. The second-order valence-corrected chi connectivity index (χ2v) is 15.9. The van der Waals surface area contributed by atoms with Crippen molar-refractivity contribution in [2.75, 3.05) is 0 Å². The summed E-state index contributed by atoms with van der Waals surface area (Å²) in [6, 6.07) is 77.4. The lowest BCUT2D eigenvalue weighted by atomic mass is 9.80. The molecular formula is C58H34. The van der Waals surface area contributed by atoms with Crippen LogP contribution in [0.15, 0.2) is 206 Å². The van der Waals surface area contributed by atoms with Gasteiger partial charge in [0.05, 0.1) is 0 Å². The first-order valence-electron chi connectivity index (χ1n) is 20.3.